The molecule has 0 bridgehead atoms. The number of nitrogens with zero attached hydrogens (tertiary/aromatic N) is 3. The molecular weight excluding hydrogens is 328 g/mol. The average molecular weight is 346 g/mol. The maximum atomic E-state index is 13.2. The molecule has 0 aliphatic carbocycles. The zero-order chi connectivity index (χ0) is 16.4. The maximum absolute atomic E-state index is 13.2. The van der Waals surface area contributed by atoms with E-state index in [2.05, 4.69) is 4.98 Å². The van der Waals surface area contributed by atoms with Gasteiger partial charge in [0.15, 0.2) is 6.10 Å². The molecule has 2 aliphatic heterocycles. The number of carbonyl (C=O) groups excluding carboxylic acids is 1. The molecule has 1 unspecified atom stereocenters. The maximum Gasteiger partial charge on any atom is 0.253 e. The van der Waals surface area contributed by atoms with E-state index in [-0.39, 0.29) is 31.8 Å². The number of amides is 1. The van der Waals surface area contributed by atoms with Crippen LogP contribution in [-0.4, -0.2) is 60.6 Å². The predicted molar refractivity (Wildman–Crippen MR) is 82.0 cm³/mol. The van der Waals surface area contributed by atoms with E-state index in [0.717, 1.165) is 0 Å². The summed E-state index contributed by atoms with van der Waals surface area (Å²) in [6.07, 6.45) is 0.386. The number of hydrogen-bond donors (Lipinski definition) is 0. The number of rotatable bonds is 2. The Balaban J connectivity index is 1.65. The fourth-order valence-electron chi connectivity index (χ4n) is 2.86. The molecule has 3 heterocycles. The second-order valence-corrected chi connectivity index (χ2v) is 6.20. The quantitative estimate of drug-likeness (QED) is 0.824. The summed E-state index contributed by atoms with van der Waals surface area (Å²) >= 11 is 6.14. The van der Waals surface area contributed by atoms with Gasteiger partial charge in [0.2, 0.25) is 0 Å². The highest BCUT2D eigenvalue weighted by Gasteiger charge is 2.38. The molecule has 1 aromatic heterocycles. The molecule has 2 fully saturated rings. The lowest BCUT2D eigenvalue weighted by Crippen LogP contribution is -2.53. The molecule has 0 aromatic carbocycles. The van der Waals surface area contributed by atoms with Crippen LogP contribution in [-0.2, 0) is 9.53 Å². The van der Waals surface area contributed by atoms with Gasteiger partial charge in [0, 0.05) is 38.7 Å². The van der Waals surface area contributed by atoms with Gasteiger partial charge in [0.1, 0.15) is 5.82 Å². The molecule has 0 saturated carbocycles. The van der Waals surface area contributed by atoms with Crippen molar-refractivity contribution in [1.29, 1.82) is 0 Å². The van der Waals surface area contributed by atoms with Gasteiger partial charge in [-0.25, -0.2) is 13.8 Å². The lowest BCUT2D eigenvalue weighted by atomic mass is 10.1. The Morgan fingerprint density at radius 2 is 2.09 bits per heavy atom. The van der Waals surface area contributed by atoms with Gasteiger partial charge < -0.3 is 14.5 Å². The number of likely N-dealkylation sites (tertiary alicyclic amines) is 1. The van der Waals surface area contributed by atoms with Crippen LogP contribution in [0, 0.1) is 0 Å². The van der Waals surface area contributed by atoms with Crippen molar-refractivity contribution in [1.82, 2.24) is 9.88 Å². The second kappa shape index (κ2) is 6.57. The van der Waals surface area contributed by atoms with Gasteiger partial charge in [0.05, 0.1) is 18.2 Å². The summed E-state index contributed by atoms with van der Waals surface area (Å²) in [5.74, 6) is -2.30. The summed E-state index contributed by atoms with van der Waals surface area (Å²) in [6.45, 7) is 1.40. The first-order chi connectivity index (χ1) is 11.0. The van der Waals surface area contributed by atoms with Crippen molar-refractivity contribution in [3.8, 4) is 0 Å². The van der Waals surface area contributed by atoms with E-state index >= 15 is 0 Å². The Labute approximate surface area is 138 Å². The standard InChI is InChI=1S/C15H18ClF2N3O2/c16-11-2-1-5-19-13(11)21-8-9-23-12(10-21)14(22)20-6-3-15(17,18)4-7-20/h1-2,5,12H,3-4,6-10H2. The van der Waals surface area contributed by atoms with Crippen molar-refractivity contribution >= 4 is 23.3 Å². The molecule has 0 N–H and O–H groups in total. The minimum absolute atomic E-state index is 0.0655. The lowest BCUT2D eigenvalue weighted by molar-refractivity contribution is -0.150. The molecule has 2 aliphatic rings. The van der Waals surface area contributed by atoms with E-state index in [4.69, 9.17) is 16.3 Å². The van der Waals surface area contributed by atoms with E-state index in [9.17, 15) is 13.6 Å². The number of aromatic nitrogens is 1. The van der Waals surface area contributed by atoms with Crippen LogP contribution in [0.1, 0.15) is 12.8 Å². The molecule has 8 heteroatoms. The molecule has 1 aromatic rings. The fourth-order valence-corrected chi connectivity index (χ4v) is 3.10. The number of piperidine rings is 1. The van der Waals surface area contributed by atoms with Crippen LogP contribution in [0.4, 0.5) is 14.6 Å². The highest BCUT2D eigenvalue weighted by Crippen LogP contribution is 2.29. The molecule has 126 valence electrons. The van der Waals surface area contributed by atoms with E-state index in [1.165, 1.54) is 4.90 Å². The largest absolute Gasteiger partial charge is 0.365 e. The van der Waals surface area contributed by atoms with E-state index in [1.54, 1.807) is 18.3 Å². The number of pyridine rings is 1. The average Bonchev–Trinajstić information content (AvgIpc) is 2.55. The third kappa shape index (κ3) is 3.72. The normalized spacial score (nSPS) is 24.6. The summed E-state index contributed by atoms with van der Waals surface area (Å²) in [7, 11) is 0. The summed E-state index contributed by atoms with van der Waals surface area (Å²) in [6, 6.07) is 3.48. The monoisotopic (exact) mass is 345 g/mol. The zero-order valence-electron chi connectivity index (χ0n) is 12.6. The Morgan fingerprint density at radius 3 is 2.78 bits per heavy atom. The van der Waals surface area contributed by atoms with Gasteiger partial charge in [-0.2, -0.15) is 0 Å². The van der Waals surface area contributed by atoms with Crippen LogP contribution < -0.4 is 4.90 Å². The number of hydrogen-bond acceptors (Lipinski definition) is 4. The molecule has 0 radical (unpaired) electrons. The fraction of sp³-hybridized carbons (Fsp3) is 0.600. The first-order valence-electron chi connectivity index (χ1n) is 7.60. The van der Waals surface area contributed by atoms with Gasteiger partial charge in [-0.3, -0.25) is 4.79 Å². The van der Waals surface area contributed by atoms with Crippen LogP contribution in [0.25, 0.3) is 0 Å². The number of morpholine rings is 1. The van der Waals surface area contributed by atoms with Crippen LogP contribution in [0.3, 0.4) is 0 Å². The summed E-state index contributed by atoms with van der Waals surface area (Å²) < 4.78 is 32.0. The first kappa shape index (κ1) is 16.4. The lowest BCUT2D eigenvalue weighted by Gasteiger charge is -2.38. The van der Waals surface area contributed by atoms with E-state index in [1.807, 2.05) is 4.90 Å². The zero-order valence-corrected chi connectivity index (χ0v) is 13.3. The third-order valence-electron chi connectivity index (χ3n) is 4.19. The van der Waals surface area contributed by atoms with Gasteiger partial charge in [-0.1, -0.05) is 11.6 Å². The Hall–Kier alpha value is -1.47. The number of anilines is 1. The van der Waals surface area contributed by atoms with Crippen LogP contribution in [0.15, 0.2) is 18.3 Å². The molecule has 5 nitrogen and oxygen atoms in total. The number of alkyl halides is 2. The Bertz CT molecular complexity index is 578. The van der Waals surface area contributed by atoms with Crippen molar-refractivity contribution in [3.63, 3.8) is 0 Å². The molecule has 23 heavy (non-hydrogen) atoms. The molecule has 3 rings (SSSR count). The Morgan fingerprint density at radius 1 is 1.35 bits per heavy atom. The van der Waals surface area contributed by atoms with Gasteiger partial charge in [-0.05, 0) is 12.1 Å². The number of halogens is 3. The van der Waals surface area contributed by atoms with Gasteiger partial charge >= 0.3 is 0 Å². The topological polar surface area (TPSA) is 45.7 Å². The minimum atomic E-state index is -2.67. The SMILES string of the molecule is O=C(C1CN(c2ncccc2Cl)CCO1)N1CCC(F)(F)CC1. The van der Waals surface area contributed by atoms with Gasteiger partial charge in [0.25, 0.3) is 11.8 Å². The molecule has 1 amide bonds. The van der Waals surface area contributed by atoms with Crippen molar-refractivity contribution in [2.45, 2.75) is 24.9 Å². The van der Waals surface area contributed by atoms with Crippen molar-refractivity contribution in [2.24, 2.45) is 0 Å². The molecule has 1 atom stereocenters. The smallest absolute Gasteiger partial charge is 0.253 e. The predicted octanol–water partition coefficient (Wildman–Crippen LogP) is 2.20. The third-order valence-corrected chi connectivity index (χ3v) is 4.48. The number of carbonyl (C=O) groups is 1. The van der Waals surface area contributed by atoms with Gasteiger partial charge in [-0.15, -0.1) is 0 Å². The van der Waals surface area contributed by atoms with Crippen LogP contribution in [0.2, 0.25) is 5.02 Å². The summed E-state index contributed by atoms with van der Waals surface area (Å²) in [5.41, 5.74) is 0. The second-order valence-electron chi connectivity index (χ2n) is 5.80. The van der Waals surface area contributed by atoms with Crippen LogP contribution in [0.5, 0.6) is 0 Å². The first-order valence-corrected chi connectivity index (χ1v) is 7.98. The summed E-state index contributed by atoms with van der Waals surface area (Å²) in [5, 5.41) is 0.512. The minimum Gasteiger partial charge on any atom is -0.365 e. The van der Waals surface area contributed by atoms with Crippen molar-refractivity contribution in [2.75, 3.05) is 37.7 Å². The highest BCUT2D eigenvalue weighted by atomic mass is 35.5. The highest BCUT2D eigenvalue weighted by molar-refractivity contribution is 6.32. The van der Waals surface area contributed by atoms with E-state index in [0.29, 0.717) is 30.5 Å². The van der Waals surface area contributed by atoms with Crippen LogP contribution >= 0.6 is 11.6 Å². The molecular formula is C15H18ClF2N3O2. The number of ether oxygens (including phenoxy) is 1. The van der Waals surface area contributed by atoms with Crippen molar-refractivity contribution < 1.29 is 18.3 Å². The molecule has 0 spiro atoms. The molecule has 2 saturated heterocycles. The summed E-state index contributed by atoms with van der Waals surface area (Å²) in [4.78, 5) is 20.1. The van der Waals surface area contributed by atoms with Crippen molar-refractivity contribution in [3.05, 3.63) is 23.4 Å². The Kier molecular flexibility index (Phi) is 4.68. The van der Waals surface area contributed by atoms with E-state index < -0.39 is 12.0 Å².